The van der Waals surface area contributed by atoms with Crippen LogP contribution in [0, 0.1) is 0 Å². The molecule has 98 valence electrons. The lowest BCUT2D eigenvalue weighted by Crippen LogP contribution is -2.36. The number of hydrogen-bond acceptors (Lipinski definition) is 4. The van der Waals surface area contributed by atoms with Gasteiger partial charge in [-0.25, -0.2) is 9.97 Å². The maximum atomic E-state index is 12.3. The number of carbonyl (C=O) groups is 1. The molecule has 1 amide bonds. The van der Waals surface area contributed by atoms with Crippen molar-refractivity contribution in [2.75, 3.05) is 31.6 Å². The van der Waals surface area contributed by atoms with Crippen LogP contribution in [-0.2, 0) is 0 Å². The average Bonchev–Trinajstić information content (AvgIpc) is 2.46. The van der Waals surface area contributed by atoms with Gasteiger partial charge in [0.2, 0.25) is 5.95 Å². The molecule has 1 fully saturated rings. The number of amides is 1. The van der Waals surface area contributed by atoms with Gasteiger partial charge in [-0.05, 0) is 32.3 Å². The highest BCUT2D eigenvalue weighted by Crippen LogP contribution is 2.13. The Balaban J connectivity index is 2.14. The third-order valence-electron chi connectivity index (χ3n) is 3.32. The molecule has 5 nitrogen and oxygen atoms in total. The molecule has 2 rings (SSSR count). The first-order chi connectivity index (χ1) is 8.72. The molecule has 0 atom stereocenters. The summed E-state index contributed by atoms with van der Waals surface area (Å²) in [7, 11) is 1.92. The summed E-state index contributed by atoms with van der Waals surface area (Å²) >= 11 is 0. The van der Waals surface area contributed by atoms with Crippen LogP contribution in [0.15, 0.2) is 12.3 Å². The Labute approximate surface area is 108 Å². The van der Waals surface area contributed by atoms with E-state index >= 15 is 0 Å². The van der Waals surface area contributed by atoms with Crippen LogP contribution in [0.2, 0.25) is 0 Å². The Morgan fingerprint density at radius 3 is 2.78 bits per heavy atom. The van der Waals surface area contributed by atoms with Crippen molar-refractivity contribution in [2.24, 2.45) is 0 Å². The number of rotatable bonds is 3. The summed E-state index contributed by atoms with van der Waals surface area (Å²) in [5.74, 6) is 0.642. The second kappa shape index (κ2) is 5.80. The van der Waals surface area contributed by atoms with Crippen molar-refractivity contribution in [3.05, 3.63) is 18.0 Å². The number of hydrogen-bond donors (Lipinski definition) is 0. The summed E-state index contributed by atoms with van der Waals surface area (Å²) < 4.78 is 0. The Morgan fingerprint density at radius 1 is 1.39 bits per heavy atom. The van der Waals surface area contributed by atoms with Crippen molar-refractivity contribution >= 4 is 11.9 Å². The maximum Gasteiger partial charge on any atom is 0.272 e. The molecule has 1 aliphatic heterocycles. The fourth-order valence-electron chi connectivity index (χ4n) is 2.05. The monoisotopic (exact) mass is 248 g/mol. The molecule has 0 bridgehead atoms. The zero-order valence-corrected chi connectivity index (χ0v) is 11.1. The van der Waals surface area contributed by atoms with Gasteiger partial charge in [-0.1, -0.05) is 0 Å². The Morgan fingerprint density at radius 2 is 2.11 bits per heavy atom. The molecule has 0 aromatic carbocycles. The topological polar surface area (TPSA) is 49.3 Å². The number of aromatic nitrogens is 2. The molecule has 18 heavy (non-hydrogen) atoms. The fraction of sp³-hybridized carbons (Fsp3) is 0.615. The van der Waals surface area contributed by atoms with Crippen LogP contribution in [0.3, 0.4) is 0 Å². The van der Waals surface area contributed by atoms with Gasteiger partial charge in [-0.2, -0.15) is 0 Å². The fourth-order valence-corrected chi connectivity index (χ4v) is 2.05. The third kappa shape index (κ3) is 2.78. The number of anilines is 1. The van der Waals surface area contributed by atoms with E-state index in [-0.39, 0.29) is 5.91 Å². The molecular weight excluding hydrogens is 228 g/mol. The second-order valence-corrected chi connectivity index (χ2v) is 4.61. The molecule has 0 spiro atoms. The minimum absolute atomic E-state index is 0.0304. The average molecular weight is 248 g/mol. The number of nitrogens with zero attached hydrogens (tertiary/aromatic N) is 4. The molecule has 2 heterocycles. The highest BCUT2D eigenvalue weighted by Gasteiger charge is 2.19. The van der Waals surface area contributed by atoms with Crippen molar-refractivity contribution in [1.29, 1.82) is 0 Å². The van der Waals surface area contributed by atoms with Crippen molar-refractivity contribution in [3.8, 4) is 0 Å². The predicted octanol–water partition coefficient (Wildman–Crippen LogP) is 1.56. The molecule has 0 N–H and O–H groups in total. The van der Waals surface area contributed by atoms with Gasteiger partial charge >= 0.3 is 0 Å². The largest absolute Gasteiger partial charge is 0.344 e. The van der Waals surface area contributed by atoms with Crippen molar-refractivity contribution < 1.29 is 4.79 Å². The normalized spacial score (nSPS) is 15.6. The summed E-state index contributed by atoms with van der Waals surface area (Å²) in [6.07, 6.45) is 5.07. The van der Waals surface area contributed by atoms with Crippen LogP contribution in [0.5, 0.6) is 0 Å². The summed E-state index contributed by atoms with van der Waals surface area (Å²) in [5, 5.41) is 0. The Bertz CT molecular complexity index is 415. The van der Waals surface area contributed by atoms with Crippen LogP contribution in [0.25, 0.3) is 0 Å². The predicted molar refractivity (Wildman–Crippen MR) is 70.7 cm³/mol. The van der Waals surface area contributed by atoms with Crippen molar-refractivity contribution in [2.45, 2.75) is 26.2 Å². The lowest BCUT2D eigenvalue weighted by Gasteiger charge is -2.26. The molecule has 0 saturated carbocycles. The van der Waals surface area contributed by atoms with Crippen LogP contribution < -0.4 is 4.90 Å². The smallest absolute Gasteiger partial charge is 0.272 e. The molecule has 1 aliphatic rings. The standard InChI is InChI=1S/C13H20N4O/c1-3-16(2)13-14-8-7-11(15-13)12(18)17-9-5-4-6-10-17/h7-8H,3-6,9-10H2,1-2H3. The van der Waals surface area contributed by atoms with Crippen molar-refractivity contribution in [3.63, 3.8) is 0 Å². The van der Waals surface area contributed by atoms with Crippen LogP contribution >= 0.6 is 0 Å². The molecule has 0 radical (unpaired) electrons. The highest BCUT2D eigenvalue weighted by atomic mass is 16.2. The van der Waals surface area contributed by atoms with Gasteiger partial charge in [-0.3, -0.25) is 4.79 Å². The summed E-state index contributed by atoms with van der Waals surface area (Å²) in [6.45, 7) is 4.55. The van der Waals surface area contributed by atoms with E-state index in [9.17, 15) is 4.79 Å². The van der Waals surface area contributed by atoms with Gasteiger partial charge in [0, 0.05) is 32.9 Å². The van der Waals surface area contributed by atoms with E-state index < -0.39 is 0 Å². The molecule has 0 aliphatic carbocycles. The van der Waals surface area contributed by atoms with E-state index in [0.717, 1.165) is 32.5 Å². The van der Waals surface area contributed by atoms with Crippen LogP contribution in [0.4, 0.5) is 5.95 Å². The van der Waals surface area contributed by atoms with Gasteiger partial charge < -0.3 is 9.80 Å². The van der Waals surface area contributed by atoms with Crippen LogP contribution in [0.1, 0.15) is 36.7 Å². The summed E-state index contributed by atoms with van der Waals surface area (Å²) in [4.78, 5) is 24.6. The summed E-state index contributed by atoms with van der Waals surface area (Å²) in [6, 6.07) is 1.70. The Hall–Kier alpha value is -1.65. The van der Waals surface area contributed by atoms with E-state index in [1.807, 2.05) is 23.8 Å². The first kappa shape index (κ1) is 12.8. The van der Waals surface area contributed by atoms with E-state index in [1.165, 1.54) is 6.42 Å². The zero-order valence-electron chi connectivity index (χ0n) is 11.1. The van der Waals surface area contributed by atoms with Crippen LogP contribution in [-0.4, -0.2) is 47.5 Å². The van der Waals surface area contributed by atoms with Crippen molar-refractivity contribution in [1.82, 2.24) is 14.9 Å². The third-order valence-corrected chi connectivity index (χ3v) is 3.32. The SMILES string of the molecule is CCN(C)c1nccc(C(=O)N2CCCCC2)n1. The summed E-state index contributed by atoms with van der Waals surface area (Å²) in [5.41, 5.74) is 0.502. The molecule has 1 saturated heterocycles. The zero-order chi connectivity index (χ0) is 13.0. The molecule has 1 aromatic heterocycles. The second-order valence-electron chi connectivity index (χ2n) is 4.61. The Kier molecular flexibility index (Phi) is 4.12. The first-order valence-electron chi connectivity index (χ1n) is 6.56. The van der Waals surface area contributed by atoms with E-state index in [4.69, 9.17) is 0 Å². The van der Waals surface area contributed by atoms with Gasteiger partial charge in [0.05, 0.1) is 0 Å². The quantitative estimate of drug-likeness (QED) is 0.814. The van der Waals surface area contributed by atoms with E-state index in [2.05, 4.69) is 9.97 Å². The maximum absolute atomic E-state index is 12.3. The van der Waals surface area contributed by atoms with Gasteiger partial charge in [0.25, 0.3) is 5.91 Å². The number of likely N-dealkylation sites (tertiary alicyclic amines) is 1. The minimum atomic E-state index is 0.0304. The first-order valence-corrected chi connectivity index (χ1v) is 6.56. The van der Waals surface area contributed by atoms with Gasteiger partial charge in [0.1, 0.15) is 5.69 Å². The lowest BCUT2D eigenvalue weighted by molar-refractivity contribution is 0.0718. The van der Waals surface area contributed by atoms with Gasteiger partial charge in [-0.15, -0.1) is 0 Å². The molecule has 0 unspecified atom stereocenters. The lowest BCUT2D eigenvalue weighted by atomic mass is 10.1. The molecular formula is C13H20N4O. The van der Waals surface area contributed by atoms with Gasteiger partial charge in [0.15, 0.2) is 0 Å². The van der Waals surface area contributed by atoms with E-state index in [0.29, 0.717) is 11.6 Å². The minimum Gasteiger partial charge on any atom is -0.344 e. The number of carbonyl (C=O) groups excluding carboxylic acids is 1. The molecule has 5 heteroatoms. The van der Waals surface area contributed by atoms with E-state index in [1.54, 1.807) is 12.3 Å². The number of piperidine rings is 1. The highest BCUT2D eigenvalue weighted by molar-refractivity contribution is 5.92. The molecule has 1 aromatic rings.